The van der Waals surface area contributed by atoms with Crippen LogP contribution >= 0.6 is 0 Å². The summed E-state index contributed by atoms with van der Waals surface area (Å²) < 4.78 is 11.5. The fourth-order valence-corrected chi connectivity index (χ4v) is 5.95. The standard InChI is InChI=1S/C34H51N5O7/c1-21(2)29-33(43)36-27(20-24-13-11-14-25(40)19-24)34(44)39-18-12-15-26(38-39)32(42)35-17-10-8-7-9-16-28(45-5)22(3)30(46-6)23(4)31(41)37-29/h7-9,11,13-14,16,19,21-23,26-30,38,40H,10,12,15,17-18,20H2,1-6H3,(H,35,42)(H,36,43)(H,37,41)/t22-,23+,26-,27-,28-,29-,30+/m0/s1. The topological polar surface area (TPSA) is 158 Å². The number of nitrogens with one attached hydrogen (secondary N) is 4. The molecule has 12 nitrogen and oxygen atoms in total. The van der Waals surface area contributed by atoms with Crippen LogP contribution in [0, 0.1) is 17.8 Å². The lowest BCUT2D eigenvalue weighted by molar-refractivity contribution is -0.144. The molecular formula is C34H51N5O7. The fraction of sp³-hybridized carbons (Fsp3) is 0.588. The number of phenolic OH excluding ortho intramolecular Hbond substituents is 1. The quantitative estimate of drug-likeness (QED) is 0.327. The summed E-state index contributed by atoms with van der Waals surface area (Å²) in [6, 6.07) is 3.88. The van der Waals surface area contributed by atoms with Gasteiger partial charge in [0.25, 0.3) is 5.91 Å². The second kappa shape index (κ2) is 17.8. The number of allylic oxidation sites excluding steroid dienone is 2. The lowest BCUT2D eigenvalue weighted by Gasteiger charge is -2.36. The molecule has 5 N–H and O–H groups in total. The molecular weight excluding hydrogens is 590 g/mol. The largest absolute Gasteiger partial charge is 0.508 e. The number of aromatic hydroxyl groups is 1. The molecule has 12 heteroatoms. The van der Waals surface area contributed by atoms with Gasteiger partial charge in [-0.05, 0) is 42.9 Å². The van der Waals surface area contributed by atoms with Crippen LogP contribution < -0.4 is 21.4 Å². The maximum absolute atomic E-state index is 13.9. The lowest BCUT2D eigenvalue weighted by atomic mass is 9.87. The van der Waals surface area contributed by atoms with E-state index < -0.39 is 42.0 Å². The molecule has 0 unspecified atom stereocenters. The van der Waals surface area contributed by atoms with Crippen LogP contribution in [0.25, 0.3) is 0 Å². The van der Waals surface area contributed by atoms with Gasteiger partial charge in [0.05, 0.1) is 18.1 Å². The Bertz CT molecular complexity index is 1250. The first-order valence-electron chi connectivity index (χ1n) is 16.1. The molecule has 0 radical (unpaired) electrons. The molecule has 1 aromatic rings. The van der Waals surface area contributed by atoms with E-state index in [1.54, 1.807) is 33.3 Å². The van der Waals surface area contributed by atoms with Gasteiger partial charge in [0, 0.05) is 39.6 Å². The molecule has 4 amide bonds. The number of hydrogen-bond acceptors (Lipinski definition) is 8. The maximum Gasteiger partial charge on any atom is 0.259 e. The third-order valence-electron chi connectivity index (χ3n) is 8.63. The van der Waals surface area contributed by atoms with Gasteiger partial charge in [0.2, 0.25) is 17.7 Å². The van der Waals surface area contributed by atoms with Crippen LogP contribution in [0.1, 0.15) is 52.5 Å². The number of phenols is 1. The molecule has 1 aromatic carbocycles. The molecule has 0 aromatic heterocycles. The maximum atomic E-state index is 13.9. The minimum Gasteiger partial charge on any atom is -0.508 e. The van der Waals surface area contributed by atoms with E-state index in [0.717, 1.165) is 0 Å². The van der Waals surface area contributed by atoms with Crippen molar-refractivity contribution in [3.63, 3.8) is 0 Å². The Morgan fingerprint density at radius 1 is 1.00 bits per heavy atom. The first-order valence-corrected chi connectivity index (χ1v) is 16.1. The van der Waals surface area contributed by atoms with Crippen LogP contribution in [0.4, 0.5) is 0 Å². The Morgan fingerprint density at radius 3 is 2.43 bits per heavy atom. The van der Waals surface area contributed by atoms with E-state index in [4.69, 9.17) is 9.47 Å². The fourth-order valence-electron chi connectivity index (χ4n) is 5.95. The van der Waals surface area contributed by atoms with Crippen LogP contribution in [0.3, 0.4) is 0 Å². The number of methoxy groups -OCH3 is 2. The van der Waals surface area contributed by atoms with Gasteiger partial charge in [0.1, 0.15) is 23.9 Å². The van der Waals surface area contributed by atoms with Crippen LogP contribution in [0.5, 0.6) is 5.75 Å². The van der Waals surface area contributed by atoms with Crippen molar-refractivity contribution >= 4 is 23.6 Å². The van der Waals surface area contributed by atoms with E-state index >= 15 is 0 Å². The smallest absolute Gasteiger partial charge is 0.259 e. The number of carbonyl (C=O) groups excluding carboxylic acids is 4. The number of amides is 4. The molecule has 2 aliphatic rings. The Hall–Kier alpha value is -3.74. The van der Waals surface area contributed by atoms with Gasteiger partial charge in [-0.15, -0.1) is 0 Å². The SMILES string of the molecule is CO[C@@H]1[C@@H](C)[C@@H](OC)C=CC=CCCNC(=O)[C@@H]2CCCN(N2)C(=O)[C@H](Cc2cccc(O)c2)NC(=O)[C@H](C(C)C)NC(=O)[C@@H]1C. The van der Waals surface area contributed by atoms with Gasteiger partial charge in [-0.3, -0.25) is 24.2 Å². The third-order valence-corrected chi connectivity index (χ3v) is 8.63. The summed E-state index contributed by atoms with van der Waals surface area (Å²) in [6.45, 7) is 8.10. The van der Waals surface area contributed by atoms with E-state index in [0.29, 0.717) is 37.9 Å². The average molecular weight is 642 g/mol. The lowest BCUT2D eigenvalue weighted by Crippen LogP contribution is -2.63. The third kappa shape index (κ3) is 10.1. The van der Waals surface area contributed by atoms with Crippen LogP contribution in [-0.4, -0.2) is 91.4 Å². The molecule has 1 saturated heterocycles. The van der Waals surface area contributed by atoms with Crippen molar-refractivity contribution in [3.8, 4) is 5.75 Å². The number of nitrogens with zero attached hydrogens (tertiary/aromatic N) is 1. The first-order chi connectivity index (χ1) is 22.0. The first kappa shape index (κ1) is 36.7. The highest BCUT2D eigenvalue weighted by molar-refractivity contribution is 5.93. The molecule has 7 atom stereocenters. The van der Waals surface area contributed by atoms with E-state index in [9.17, 15) is 24.3 Å². The van der Waals surface area contributed by atoms with Gasteiger partial charge >= 0.3 is 0 Å². The minimum atomic E-state index is -1.04. The number of carbonyl (C=O) groups is 4. The van der Waals surface area contributed by atoms with Crippen molar-refractivity contribution in [2.24, 2.45) is 17.8 Å². The number of hydrazine groups is 1. The predicted molar refractivity (Wildman–Crippen MR) is 174 cm³/mol. The van der Waals surface area contributed by atoms with Gasteiger partial charge in [-0.2, -0.15) is 0 Å². The number of fused-ring (bicyclic) bond motifs is 2. The molecule has 2 bridgehead atoms. The molecule has 46 heavy (non-hydrogen) atoms. The predicted octanol–water partition coefficient (Wildman–Crippen LogP) is 1.99. The average Bonchev–Trinajstić information content (AvgIpc) is 3.03. The summed E-state index contributed by atoms with van der Waals surface area (Å²) in [7, 11) is 3.14. The zero-order chi connectivity index (χ0) is 33.8. The van der Waals surface area contributed by atoms with Gasteiger partial charge in [-0.25, -0.2) is 5.43 Å². The molecule has 254 valence electrons. The molecule has 1 fully saturated rings. The summed E-state index contributed by atoms with van der Waals surface area (Å²) >= 11 is 0. The Balaban J connectivity index is 1.95. The monoisotopic (exact) mass is 641 g/mol. The van der Waals surface area contributed by atoms with Gasteiger partial charge in [0.15, 0.2) is 0 Å². The van der Waals surface area contributed by atoms with Crippen molar-refractivity contribution in [3.05, 3.63) is 54.1 Å². The van der Waals surface area contributed by atoms with E-state index in [2.05, 4.69) is 21.4 Å². The van der Waals surface area contributed by atoms with Gasteiger partial charge < -0.3 is 30.5 Å². The Kier molecular flexibility index (Phi) is 14.2. The molecule has 3 rings (SSSR count). The van der Waals surface area contributed by atoms with Crippen LogP contribution in [0.15, 0.2) is 48.6 Å². The second-order valence-corrected chi connectivity index (χ2v) is 12.4. The number of ether oxygens (including phenoxy) is 2. The molecule has 2 heterocycles. The summed E-state index contributed by atoms with van der Waals surface area (Å²) in [5, 5.41) is 20.1. The Morgan fingerprint density at radius 2 is 1.76 bits per heavy atom. The van der Waals surface area contributed by atoms with Crippen molar-refractivity contribution in [1.82, 2.24) is 26.4 Å². The van der Waals surface area contributed by atoms with Gasteiger partial charge in [-0.1, -0.05) is 64.1 Å². The number of benzene rings is 1. The summed E-state index contributed by atoms with van der Waals surface area (Å²) in [4.78, 5) is 54.3. The normalized spacial score (nSPS) is 29.4. The van der Waals surface area contributed by atoms with Crippen molar-refractivity contribution in [2.45, 2.75) is 83.7 Å². The molecule has 0 spiro atoms. The molecule has 0 aliphatic carbocycles. The Labute approximate surface area is 272 Å². The summed E-state index contributed by atoms with van der Waals surface area (Å²) in [6.07, 6.45) is 8.55. The zero-order valence-corrected chi connectivity index (χ0v) is 27.8. The van der Waals surface area contributed by atoms with Crippen LogP contribution in [0.2, 0.25) is 0 Å². The highest BCUT2D eigenvalue weighted by Gasteiger charge is 2.37. The van der Waals surface area contributed by atoms with Crippen molar-refractivity contribution < 1.29 is 33.8 Å². The number of hydrogen-bond donors (Lipinski definition) is 5. The van der Waals surface area contributed by atoms with Crippen LogP contribution in [-0.2, 0) is 35.1 Å². The molecule has 0 saturated carbocycles. The number of rotatable bonds is 5. The summed E-state index contributed by atoms with van der Waals surface area (Å²) in [5.41, 5.74) is 3.69. The zero-order valence-electron chi connectivity index (χ0n) is 27.8. The minimum absolute atomic E-state index is 0.0341. The highest BCUT2D eigenvalue weighted by atomic mass is 16.5. The highest BCUT2D eigenvalue weighted by Crippen LogP contribution is 2.23. The van der Waals surface area contributed by atoms with E-state index in [1.807, 2.05) is 45.1 Å². The summed E-state index contributed by atoms with van der Waals surface area (Å²) in [5.74, 6) is -2.64. The second-order valence-electron chi connectivity index (χ2n) is 12.4. The van der Waals surface area contributed by atoms with E-state index in [1.165, 1.54) is 17.1 Å². The molecule has 2 aliphatic heterocycles. The van der Waals surface area contributed by atoms with Crippen molar-refractivity contribution in [2.75, 3.05) is 27.3 Å². The van der Waals surface area contributed by atoms with E-state index in [-0.39, 0.29) is 41.9 Å². The van der Waals surface area contributed by atoms with Crippen molar-refractivity contribution in [1.29, 1.82) is 0 Å².